The van der Waals surface area contributed by atoms with Gasteiger partial charge in [-0.1, -0.05) is 51.9 Å². The highest BCUT2D eigenvalue weighted by molar-refractivity contribution is 6.79. The van der Waals surface area contributed by atoms with Crippen LogP contribution in [0.3, 0.4) is 0 Å². The minimum Gasteiger partial charge on any atom is -0.465 e. The van der Waals surface area contributed by atoms with Crippen molar-refractivity contribution in [3.05, 3.63) is 0 Å². The summed E-state index contributed by atoms with van der Waals surface area (Å²) < 4.78 is 11.6. The molecule has 1 aliphatic rings. The Balaban J connectivity index is 3.03. The lowest BCUT2D eigenvalue weighted by Gasteiger charge is -2.34. The zero-order chi connectivity index (χ0) is 23.4. The summed E-state index contributed by atoms with van der Waals surface area (Å²) in [5.41, 5.74) is -1.32. The first kappa shape index (κ1) is 27.2. The molecule has 4 nitrogen and oxygen atoms in total. The van der Waals surface area contributed by atoms with Crippen LogP contribution in [0.5, 0.6) is 0 Å². The molecule has 0 saturated heterocycles. The SMILES string of the molecule is CC[Si](CC)(CC)C[C@H]1CC(COC(=O)C(C)(C)C)(COC(=O)C(C)(C)C)C[C@@H]1C. The summed E-state index contributed by atoms with van der Waals surface area (Å²) in [6, 6.07) is 5.32. The first-order valence-corrected chi connectivity index (χ1v) is 14.8. The van der Waals surface area contributed by atoms with Crippen LogP contribution in [0, 0.1) is 28.1 Å². The van der Waals surface area contributed by atoms with Gasteiger partial charge in [-0.25, -0.2) is 0 Å². The summed E-state index contributed by atoms with van der Waals surface area (Å²) in [4.78, 5) is 24.9. The van der Waals surface area contributed by atoms with Gasteiger partial charge in [0.15, 0.2) is 0 Å². The van der Waals surface area contributed by atoms with Gasteiger partial charge in [-0.05, 0) is 66.2 Å². The quantitative estimate of drug-likeness (QED) is 0.295. The first-order valence-electron chi connectivity index (χ1n) is 12.0. The molecule has 5 heteroatoms. The monoisotopic (exact) mass is 440 g/mol. The minimum atomic E-state index is -1.25. The molecule has 30 heavy (non-hydrogen) atoms. The van der Waals surface area contributed by atoms with Crippen molar-refractivity contribution in [1.29, 1.82) is 0 Å². The van der Waals surface area contributed by atoms with Gasteiger partial charge in [0.25, 0.3) is 0 Å². The fourth-order valence-corrected chi connectivity index (χ4v) is 8.88. The van der Waals surface area contributed by atoms with E-state index in [4.69, 9.17) is 9.47 Å². The average Bonchev–Trinajstić information content (AvgIpc) is 2.96. The smallest absolute Gasteiger partial charge is 0.311 e. The summed E-state index contributed by atoms with van der Waals surface area (Å²) in [7, 11) is -1.25. The predicted molar refractivity (Wildman–Crippen MR) is 127 cm³/mol. The Hall–Kier alpha value is -0.843. The van der Waals surface area contributed by atoms with E-state index in [-0.39, 0.29) is 17.4 Å². The van der Waals surface area contributed by atoms with Gasteiger partial charge < -0.3 is 9.47 Å². The van der Waals surface area contributed by atoms with Crippen LogP contribution in [0.15, 0.2) is 0 Å². The first-order chi connectivity index (χ1) is 13.6. The molecule has 0 aromatic rings. The molecule has 1 saturated carbocycles. The largest absolute Gasteiger partial charge is 0.465 e. The molecule has 0 N–H and O–H groups in total. The van der Waals surface area contributed by atoms with Crippen molar-refractivity contribution in [1.82, 2.24) is 0 Å². The molecule has 0 unspecified atom stereocenters. The van der Waals surface area contributed by atoms with Crippen molar-refractivity contribution in [3.63, 3.8) is 0 Å². The van der Waals surface area contributed by atoms with Gasteiger partial charge >= 0.3 is 11.9 Å². The van der Waals surface area contributed by atoms with Gasteiger partial charge in [0.05, 0.1) is 18.9 Å². The van der Waals surface area contributed by atoms with Gasteiger partial charge in [0.1, 0.15) is 13.2 Å². The zero-order valence-corrected chi connectivity index (χ0v) is 22.4. The standard InChI is InChI=1S/C25H48O4Si/c1-11-30(12-2,13-3)16-20-15-25(14-19(20)4,17-28-21(26)23(5,6)7)18-29-22(27)24(8,9)10/h19-20H,11-18H2,1-10H3/t19-,20+/m0/s1. The van der Waals surface area contributed by atoms with E-state index in [9.17, 15) is 9.59 Å². The summed E-state index contributed by atoms with van der Waals surface area (Å²) in [5.74, 6) is 0.820. The Kier molecular flexibility index (Phi) is 9.23. The van der Waals surface area contributed by atoms with Gasteiger partial charge in [-0.2, -0.15) is 0 Å². The topological polar surface area (TPSA) is 52.6 Å². The second-order valence-corrected chi connectivity index (χ2v) is 17.6. The van der Waals surface area contributed by atoms with Gasteiger partial charge in [0, 0.05) is 5.41 Å². The molecule has 0 aromatic heterocycles. The lowest BCUT2D eigenvalue weighted by molar-refractivity contribution is -0.164. The van der Waals surface area contributed by atoms with Crippen LogP contribution in [0.4, 0.5) is 0 Å². The second-order valence-electron chi connectivity index (χ2n) is 12.1. The van der Waals surface area contributed by atoms with Crippen LogP contribution < -0.4 is 0 Å². The Labute approximate surface area is 186 Å². The fourth-order valence-electron chi connectivity index (χ4n) is 4.85. The van der Waals surface area contributed by atoms with E-state index < -0.39 is 18.9 Å². The van der Waals surface area contributed by atoms with Crippen molar-refractivity contribution in [2.75, 3.05) is 13.2 Å². The number of esters is 2. The molecule has 1 aliphatic carbocycles. The summed E-state index contributed by atoms with van der Waals surface area (Å²) in [6.07, 6.45) is 1.94. The van der Waals surface area contributed by atoms with E-state index in [0.717, 1.165) is 12.8 Å². The molecule has 0 amide bonds. The molecule has 0 aliphatic heterocycles. The van der Waals surface area contributed by atoms with Crippen molar-refractivity contribution >= 4 is 20.0 Å². The molecule has 0 aromatic carbocycles. The Bertz CT molecular complexity index is 543. The van der Waals surface area contributed by atoms with Gasteiger partial charge in [-0.3, -0.25) is 9.59 Å². The number of carbonyl (C=O) groups excluding carboxylic acids is 2. The van der Waals surface area contributed by atoms with Crippen LogP contribution in [-0.4, -0.2) is 33.2 Å². The molecule has 1 fully saturated rings. The van der Waals surface area contributed by atoms with Crippen molar-refractivity contribution in [3.8, 4) is 0 Å². The number of hydrogen-bond donors (Lipinski definition) is 0. The number of ether oxygens (including phenoxy) is 2. The molecular weight excluding hydrogens is 392 g/mol. The Morgan fingerprint density at radius 1 is 0.833 bits per heavy atom. The Morgan fingerprint density at radius 2 is 1.23 bits per heavy atom. The van der Waals surface area contributed by atoms with Crippen LogP contribution in [0.25, 0.3) is 0 Å². The van der Waals surface area contributed by atoms with Gasteiger partial charge in [-0.15, -0.1) is 0 Å². The normalized spacial score (nSPS) is 22.1. The van der Waals surface area contributed by atoms with Crippen molar-refractivity contribution < 1.29 is 19.1 Å². The fraction of sp³-hybridized carbons (Fsp3) is 0.920. The van der Waals surface area contributed by atoms with Crippen LogP contribution in [0.2, 0.25) is 24.2 Å². The number of rotatable bonds is 9. The molecular formula is C25H48O4Si. The van der Waals surface area contributed by atoms with Crippen LogP contribution in [-0.2, 0) is 19.1 Å². The highest BCUT2D eigenvalue weighted by Gasteiger charge is 2.48. The number of hydrogen-bond acceptors (Lipinski definition) is 4. The maximum absolute atomic E-state index is 12.5. The summed E-state index contributed by atoms with van der Waals surface area (Å²) >= 11 is 0. The molecule has 0 radical (unpaired) electrons. The van der Waals surface area contributed by atoms with E-state index in [2.05, 4.69) is 27.7 Å². The number of carbonyl (C=O) groups is 2. The third-order valence-electron chi connectivity index (χ3n) is 7.44. The third-order valence-corrected chi connectivity index (χ3v) is 13.3. The van der Waals surface area contributed by atoms with Crippen LogP contribution >= 0.6 is 0 Å². The van der Waals surface area contributed by atoms with Crippen molar-refractivity contribution in [2.24, 2.45) is 28.1 Å². The molecule has 0 bridgehead atoms. The highest BCUT2D eigenvalue weighted by Crippen LogP contribution is 2.50. The second kappa shape index (κ2) is 10.2. The van der Waals surface area contributed by atoms with E-state index in [1.807, 2.05) is 41.5 Å². The molecule has 0 heterocycles. The summed E-state index contributed by atoms with van der Waals surface area (Å²) in [6.45, 7) is 21.4. The zero-order valence-electron chi connectivity index (χ0n) is 21.4. The highest BCUT2D eigenvalue weighted by atomic mass is 28.3. The molecule has 1 rings (SSSR count). The molecule has 2 atom stereocenters. The molecule has 0 spiro atoms. The van der Waals surface area contributed by atoms with E-state index >= 15 is 0 Å². The summed E-state index contributed by atoms with van der Waals surface area (Å²) in [5, 5.41) is 0. The lowest BCUT2D eigenvalue weighted by Crippen LogP contribution is -2.37. The minimum absolute atomic E-state index is 0.181. The molecule has 176 valence electrons. The predicted octanol–water partition coefficient (Wildman–Crippen LogP) is 6.71. The average molecular weight is 441 g/mol. The lowest BCUT2D eigenvalue weighted by atomic mass is 9.86. The third kappa shape index (κ3) is 7.10. The van der Waals surface area contributed by atoms with E-state index in [1.54, 1.807) is 0 Å². The Morgan fingerprint density at radius 3 is 1.57 bits per heavy atom. The maximum Gasteiger partial charge on any atom is 0.311 e. The van der Waals surface area contributed by atoms with E-state index in [1.165, 1.54) is 24.2 Å². The maximum atomic E-state index is 12.5. The van der Waals surface area contributed by atoms with Crippen molar-refractivity contribution in [2.45, 2.75) is 106 Å². The van der Waals surface area contributed by atoms with E-state index in [0.29, 0.717) is 25.0 Å². The van der Waals surface area contributed by atoms with Gasteiger partial charge in [0.2, 0.25) is 0 Å². The van der Waals surface area contributed by atoms with Crippen LogP contribution in [0.1, 0.15) is 82.1 Å².